The Morgan fingerprint density at radius 3 is 2.25 bits per heavy atom. The van der Waals surface area contributed by atoms with Crippen molar-refractivity contribution in [1.29, 1.82) is 0 Å². The number of para-hydroxylation sites is 1. The molecule has 0 aliphatic carbocycles. The van der Waals surface area contributed by atoms with Crippen molar-refractivity contribution in [3.63, 3.8) is 0 Å². The molecule has 1 atom stereocenters. The highest BCUT2D eigenvalue weighted by Crippen LogP contribution is 2.30. The van der Waals surface area contributed by atoms with Gasteiger partial charge >= 0.3 is 0 Å². The molecule has 0 radical (unpaired) electrons. The van der Waals surface area contributed by atoms with Crippen LogP contribution in [0.15, 0.2) is 72.8 Å². The lowest BCUT2D eigenvalue weighted by molar-refractivity contribution is 0.0941. The maximum atomic E-state index is 12.9. The third kappa shape index (κ3) is 5.80. The molecular formula is C26H30N2O4. The standard InChI is InChI=1S/C26H30N2O4/c1-28(2)22(21-12-8-9-13-23(21)30-3)17-27-26(29)20-14-15-24(25(16-20)31-4)32-18-19-10-6-5-7-11-19/h5-16,22H,17-18H2,1-4H3,(H,27,29)/t22-/m0/s1. The highest BCUT2D eigenvalue weighted by atomic mass is 16.5. The molecule has 0 fully saturated rings. The third-order valence-corrected chi connectivity index (χ3v) is 5.24. The Morgan fingerprint density at radius 2 is 1.56 bits per heavy atom. The molecule has 3 aromatic rings. The van der Waals surface area contributed by atoms with Crippen molar-refractivity contribution in [3.05, 3.63) is 89.5 Å². The number of nitrogens with one attached hydrogen (secondary N) is 1. The van der Waals surface area contributed by atoms with E-state index in [-0.39, 0.29) is 11.9 Å². The van der Waals surface area contributed by atoms with E-state index < -0.39 is 0 Å². The maximum absolute atomic E-state index is 12.9. The van der Waals surface area contributed by atoms with Crippen molar-refractivity contribution in [2.75, 3.05) is 34.9 Å². The molecular weight excluding hydrogens is 404 g/mol. The van der Waals surface area contributed by atoms with E-state index in [1.165, 1.54) is 0 Å². The lowest BCUT2D eigenvalue weighted by Crippen LogP contribution is -2.34. The lowest BCUT2D eigenvalue weighted by Gasteiger charge is -2.26. The number of carbonyl (C=O) groups is 1. The number of hydrogen-bond acceptors (Lipinski definition) is 5. The number of hydrogen-bond donors (Lipinski definition) is 1. The molecule has 3 rings (SSSR count). The fourth-order valence-corrected chi connectivity index (χ4v) is 3.47. The van der Waals surface area contributed by atoms with E-state index in [4.69, 9.17) is 14.2 Å². The molecule has 6 nitrogen and oxygen atoms in total. The van der Waals surface area contributed by atoms with Gasteiger partial charge in [0.15, 0.2) is 11.5 Å². The molecule has 0 aliphatic heterocycles. The van der Waals surface area contributed by atoms with Crippen LogP contribution in [0.1, 0.15) is 27.5 Å². The molecule has 0 unspecified atom stereocenters. The van der Waals surface area contributed by atoms with Crippen LogP contribution in [-0.2, 0) is 6.61 Å². The Balaban J connectivity index is 1.68. The Bertz CT molecular complexity index is 1020. The third-order valence-electron chi connectivity index (χ3n) is 5.24. The summed E-state index contributed by atoms with van der Waals surface area (Å²) in [6.45, 7) is 0.854. The predicted octanol–water partition coefficient (Wildman–Crippen LogP) is 4.32. The average Bonchev–Trinajstić information content (AvgIpc) is 2.83. The molecule has 6 heteroatoms. The first-order valence-electron chi connectivity index (χ1n) is 10.5. The monoisotopic (exact) mass is 434 g/mol. The molecule has 1 amide bonds. The van der Waals surface area contributed by atoms with Crippen LogP contribution in [0.2, 0.25) is 0 Å². The topological polar surface area (TPSA) is 60.0 Å². The van der Waals surface area contributed by atoms with E-state index in [1.807, 2.05) is 68.7 Å². The second-order valence-electron chi connectivity index (χ2n) is 7.57. The Hall–Kier alpha value is -3.51. The highest BCUT2D eigenvalue weighted by Gasteiger charge is 2.20. The number of amides is 1. The van der Waals surface area contributed by atoms with Crippen LogP contribution in [0.5, 0.6) is 17.2 Å². The predicted molar refractivity (Wildman–Crippen MR) is 126 cm³/mol. The second kappa shape index (κ2) is 11.2. The van der Waals surface area contributed by atoms with Crippen LogP contribution in [0.25, 0.3) is 0 Å². The van der Waals surface area contributed by atoms with Gasteiger partial charge in [-0.3, -0.25) is 4.79 Å². The van der Waals surface area contributed by atoms with E-state index >= 15 is 0 Å². The fraction of sp³-hybridized carbons (Fsp3) is 0.269. The average molecular weight is 435 g/mol. The zero-order valence-electron chi connectivity index (χ0n) is 19.0. The molecule has 0 heterocycles. The number of methoxy groups -OCH3 is 2. The van der Waals surface area contributed by atoms with E-state index in [2.05, 4.69) is 10.2 Å². The minimum Gasteiger partial charge on any atom is -0.496 e. The maximum Gasteiger partial charge on any atom is 0.251 e. The van der Waals surface area contributed by atoms with Crippen LogP contribution < -0.4 is 19.5 Å². The van der Waals surface area contributed by atoms with Gasteiger partial charge in [-0.1, -0.05) is 48.5 Å². The quantitative estimate of drug-likeness (QED) is 0.515. The first kappa shape index (κ1) is 23.2. The van der Waals surface area contributed by atoms with Crippen LogP contribution in [0, 0.1) is 0 Å². The summed E-state index contributed by atoms with van der Waals surface area (Å²) in [7, 11) is 7.17. The van der Waals surface area contributed by atoms with E-state index in [0.29, 0.717) is 30.2 Å². The summed E-state index contributed by atoms with van der Waals surface area (Å²) in [4.78, 5) is 14.9. The zero-order valence-corrected chi connectivity index (χ0v) is 19.0. The van der Waals surface area contributed by atoms with Crippen molar-refractivity contribution in [2.45, 2.75) is 12.6 Å². The molecule has 0 aliphatic rings. The molecule has 0 spiro atoms. The van der Waals surface area contributed by atoms with Crippen molar-refractivity contribution >= 4 is 5.91 Å². The summed E-state index contributed by atoms with van der Waals surface area (Å²) in [5.41, 5.74) is 2.58. The minimum absolute atomic E-state index is 0.0366. The van der Waals surface area contributed by atoms with Crippen molar-refractivity contribution in [2.24, 2.45) is 0 Å². The molecule has 3 aromatic carbocycles. The highest BCUT2D eigenvalue weighted by molar-refractivity contribution is 5.94. The van der Waals surface area contributed by atoms with E-state index in [9.17, 15) is 4.79 Å². The number of benzene rings is 3. The normalized spacial score (nSPS) is 11.7. The summed E-state index contributed by atoms with van der Waals surface area (Å²) in [6, 6.07) is 22.9. The van der Waals surface area contributed by atoms with Gasteiger partial charge in [0, 0.05) is 17.7 Å². The van der Waals surface area contributed by atoms with Gasteiger partial charge in [-0.15, -0.1) is 0 Å². The Morgan fingerprint density at radius 1 is 0.875 bits per heavy atom. The smallest absolute Gasteiger partial charge is 0.251 e. The van der Waals surface area contributed by atoms with Crippen molar-refractivity contribution in [3.8, 4) is 17.2 Å². The van der Waals surface area contributed by atoms with Gasteiger partial charge in [0.1, 0.15) is 12.4 Å². The van der Waals surface area contributed by atoms with Gasteiger partial charge in [0.05, 0.1) is 20.3 Å². The summed E-state index contributed by atoms with van der Waals surface area (Å²) in [5.74, 6) is 1.72. The number of rotatable bonds is 10. The molecule has 168 valence electrons. The Kier molecular flexibility index (Phi) is 8.11. The summed E-state index contributed by atoms with van der Waals surface area (Å²) < 4.78 is 16.8. The molecule has 0 saturated carbocycles. The SMILES string of the molecule is COc1cc(C(=O)NC[C@@H](c2ccccc2OC)N(C)C)ccc1OCc1ccccc1. The lowest BCUT2D eigenvalue weighted by atomic mass is 10.0. The van der Waals surface area contributed by atoms with Crippen LogP contribution >= 0.6 is 0 Å². The van der Waals surface area contributed by atoms with Gasteiger partial charge in [0.2, 0.25) is 0 Å². The number of carbonyl (C=O) groups excluding carboxylic acids is 1. The Labute approximate surface area is 189 Å². The molecule has 0 aromatic heterocycles. The van der Waals surface area contributed by atoms with Crippen molar-refractivity contribution < 1.29 is 19.0 Å². The summed E-state index contributed by atoms with van der Waals surface area (Å²) >= 11 is 0. The first-order chi connectivity index (χ1) is 15.5. The molecule has 0 saturated heterocycles. The zero-order chi connectivity index (χ0) is 22.9. The minimum atomic E-state index is -0.181. The van der Waals surface area contributed by atoms with Crippen LogP contribution in [0.4, 0.5) is 0 Å². The summed E-state index contributed by atoms with van der Waals surface area (Å²) in [6.07, 6.45) is 0. The number of nitrogens with zero attached hydrogens (tertiary/aromatic N) is 1. The number of ether oxygens (including phenoxy) is 3. The van der Waals surface area contributed by atoms with Gasteiger partial charge in [0.25, 0.3) is 5.91 Å². The van der Waals surface area contributed by atoms with Crippen molar-refractivity contribution in [1.82, 2.24) is 10.2 Å². The largest absolute Gasteiger partial charge is 0.496 e. The van der Waals surface area contributed by atoms with Crippen LogP contribution in [-0.4, -0.2) is 45.7 Å². The first-order valence-corrected chi connectivity index (χ1v) is 10.5. The molecule has 0 bridgehead atoms. The van der Waals surface area contributed by atoms with Crippen LogP contribution in [0.3, 0.4) is 0 Å². The second-order valence-corrected chi connectivity index (χ2v) is 7.57. The van der Waals surface area contributed by atoms with Gasteiger partial charge in [-0.2, -0.15) is 0 Å². The van der Waals surface area contributed by atoms with E-state index in [0.717, 1.165) is 16.9 Å². The molecule has 1 N–H and O–H groups in total. The van der Waals surface area contributed by atoms with E-state index in [1.54, 1.807) is 32.4 Å². The fourth-order valence-electron chi connectivity index (χ4n) is 3.47. The summed E-state index contributed by atoms with van der Waals surface area (Å²) in [5, 5.41) is 3.03. The molecule has 32 heavy (non-hydrogen) atoms. The number of likely N-dealkylation sites (N-methyl/N-ethyl adjacent to an activating group) is 1. The van der Waals surface area contributed by atoms with Gasteiger partial charge in [-0.25, -0.2) is 0 Å². The van der Waals surface area contributed by atoms with Gasteiger partial charge < -0.3 is 24.4 Å². The van der Waals surface area contributed by atoms with Gasteiger partial charge in [-0.05, 0) is 43.9 Å².